The number of hydrogen-bond acceptors (Lipinski definition) is 4. The molecule has 1 atom stereocenters. The number of amides is 2. The highest BCUT2D eigenvalue weighted by molar-refractivity contribution is 7.92. The molecule has 0 aliphatic heterocycles. The number of aryl methyl sites for hydroxylation is 2. The van der Waals surface area contributed by atoms with E-state index in [4.69, 9.17) is 0 Å². The molecule has 0 saturated heterocycles. The Kier molecular flexibility index (Phi) is 10.7. The van der Waals surface area contributed by atoms with Crippen molar-refractivity contribution in [2.75, 3.05) is 17.4 Å². The number of sulfonamides is 1. The third-order valence-electron chi connectivity index (χ3n) is 7.23. The van der Waals surface area contributed by atoms with E-state index in [2.05, 4.69) is 5.32 Å². The molecule has 8 heteroatoms. The van der Waals surface area contributed by atoms with Crippen molar-refractivity contribution < 1.29 is 18.0 Å². The monoisotopic (exact) mass is 597 g/mol. The number of hydrogen-bond donors (Lipinski definition) is 1. The first-order chi connectivity index (χ1) is 20.7. The van der Waals surface area contributed by atoms with Crippen molar-refractivity contribution in [1.82, 2.24) is 10.2 Å². The molecule has 0 aliphatic rings. The number of carbonyl (C=O) groups excluding carboxylic acids is 2. The average Bonchev–Trinajstić information content (AvgIpc) is 3.02. The largest absolute Gasteiger partial charge is 0.354 e. The number of rotatable bonds is 13. The number of nitrogens with one attached hydrogen (secondary N) is 1. The normalized spacial score (nSPS) is 11.9. The van der Waals surface area contributed by atoms with Crippen molar-refractivity contribution in [1.29, 1.82) is 0 Å². The maximum Gasteiger partial charge on any atom is 0.264 e. The second-order valence-electron chi connectivity index (χ2n) is 10.7. The van der Waals surface area contributed by atoms with E-state index < -0.39 is 28.5 Å². The standard InChI is InChI=1S/C35H39N3O4S/c1-4-23-36-35(40)33(24-29-11-7-5-8-12-29)37(25-30-19-15-27(2)16-20-30)34(39)26-38(31-13-9-6-10-14-31)43(41,42)32-21-17-28(3)18-22-32/h5-22,33H,4,23-26H2,1-3H3,(H,36,40)/t33-/m1/s1. The van der Waals surface area contributed by atoms with Gasteiger partial charge < -0.3 is 10.2 Å². The van der Waals surface area contributed by atoms with Crippen LogP contribution in [0, 0.1) is 13.8 Å². The summed E-state index contributed by atoms with van der Waals surface area (Å²) in [6.07, 6.45) is 1.02. The lowest BCUT2D eigenvalue weighted by atomic mass is 10.0. The van der Waals surface area contributed by atoms with Crippen LogP contribution >= 0.6 is 0 Å². The van der Waals surface area contributed by atoms with Gasteiger partial charge in [0, 0.05) is 19.5 Å². The Bertz CT molecular complexity index is 1590. The van der Waals surface area contributed by atoms with Crippen LogP contribution in [0.25, 0.3) is 0 Å². The Hall–Kier alpha value is -4.43. The van der Waals surface area contributed by atoms with Crippen LogP contribution < -0.4 is 9.62 Å². The molecule has 224 valence electrons. The zero-order chi connectivity index (χ0) is 30.8. The Labute approximate surface area is 255 Å². The number of anilines is 1. The number of benzene rings is 4. The molecule has 7 nitrogen and oxygen atoms in total. The zero-order valence-corrected chi connectivity index (χ0v) is 25.8. The lowest BCUT2D eigenvalue weighted by Gasteiger charge is -2.34. The van der Waals surface area contributed by atoms with E-state index in [1.807, 2.05) is 75.4 Å². The van der Waals surface area contributed by atoms with E-state index in [9.17, 15) is 18.0 Å². The summed E-state index contributed by atoms with van der Waals surface area (Å²) in [6, 6.07) is 31.6. The smallest absolute Gasteiger partial charge is 0.264 e. The summed E-state index contributed by atoms with van der Waals surface area (Å²) in [6.45, 7) is 5.97. The summed E-state index contributed by atoms with van der Waals surface area (Å²) in [7, 11) is -4.11. The van der Waals surface area contributed by atoms with Crippen LogP contribution in [0.5, 0.6) is 0 Å². The maximum atomic E-state index is 14.4. The lowest BCUT2D eigenvalue weighted by molar-refractivity contribution is -0.140. The van der Waals surface area contributed by atoms with Gasteiger partial charge in [0.15, 0.2) is 0 Å². The van der Waals surface area contributed by atoms with Gasteiger partial charge in [-0.2, -0.15) is 0 Å². The van der Waals surface area contributed by atoms with Crippen LogP contribution in [-0.2, 0) is 32.6 Å². The maximum absolute atomic E-state index is 14.4. The number of para-hydroxylation sites is 1. The zero-order valence-electron chi connectivity index (χ0n) is 24.9. The summed E-state index contributed by atoms with van der Waals surface area (Å²) in [5.41, 5.74) is 4.10. The van der Waals surface area contributed by atoms with Crippen LogP contribution in [0.3, 0.4) is 0 Å². The van der Waals surface area contributed by atoms with Gasteiger partial charge in [0.05, 0.1) is 10.6 Å². The van der Waals surface area contributed by atoms with E-state index in [1.165, 1.54) is 4.90 Å². The van der Waals surface area contributed by atoms with E-state index in [0.29, 0.717) is 12.2 Å². The highest BCUT2D eigenvalue weighted by atomic mass is 32.2. The fourth-order valence-electron chi connectivity index (χ4n) is 4.77. The minimum Gasteiger partial charge on any atom is -0.354 e. The van der Waals surface area contributed by atoms with Gasteiger partial charge in [0.25, 0.3) is 10.0 Å². The van der Waals surface area contributed by atoms with E-state index in [-0.39, 0.29) is 23.8 Å². The van der Waals surface area contributed by atoms with Crippen molar-refractivity contribution in [2.24, 2.45) is 0 Å². The van der Waals surface area contributed by atoms with Gasteiger partial charge in [0.1, 0.15) is 12.6 Å². The summed E-state index contributed by atoms with van der Waals surface area (Å²) >= 11 is 0. The number of nitrogens with zero attached hydrogens (tertiary/aromatic N) is 2. The minimum absolute atomic E-state index is 0.0846. The van der Waals surface area contributed by atoms with Gasteiger partial charge in [-0.05, 0) is 55.7 Å². The van der Waals surface area contributed by atoms with E-state index in [0.717, 1.165) is 33.0 Å². The summed E-state index contributed by atoms with van der Waals surface area (Å²) in [4.78, 5) is 29.6. The summed E-state index contributed by atoms with van der Waals surface area (Å²) < 4.78 is 29.2. The van der Waals surface area contributed by atoms with Crippen molar-refractivity contribution in [3.05, 3.63) is 131 Å². The Morgan fingerprint density at radius 3 is 1.88 bits per heavy atom. The number of carbonyl (C=O) groups is 2. The fourth-order valence-corrected chi connectivity index (χ4v) is 6.18. The predicted molar refractivity (Wildman–Crippen MR) is 171 cm³/mol. The molecule has 0 heterocycles. The predicted octanol–water partition coefficient (Wildman–Crippen LogP) is 5.67. The molecule has 2 amide bonds. The first-order valence-electron chi connectivity index (χ1n) is 14.5. The van der Waals surface area contributed by atoms with E-state index >= 15 is 0 Å². The fraction of sp³-hybridized carbons (Fsp3) is 0.257. The molecule has 0 aliphatic carbocycles. The van der Waals surface area contributed by atoms with Crippen molar-refractivity contribution in [3.63, 3.8) is 0 Å². The van der Waals surface area contributed by atoms with Crippen LogP contribution in [0.4, 0.5) is 5.69 Å². The molecule has 0 spiro atoms. The molecule has 0 radical (unpaired) electrons. The molecule has 0 aromatic heterocycles. The third-order valence-corrected chi connectivity index (χ3v) is 9.01. The van der Waals surface area contributed by atoms with E-state index in [1.54, 1.807) is 54.6 Å². The van der Waals surface area contributed by atoms with Gasteiger partial charge in [-0.15, -0.1) is 0 Å². The quantitative estimate of drug-likeness (QED) is 0.215. The molecule has 0 unspecified atom stereocenters. The van der Waals surface area contributed by atoms with Gasteiger partial charge in [-0.3, -0.25) is 13.9 Å². The first kappa shape index (κ1) is 31.5. The molecular weight excluding hydrogens is 558 g/mol. The highest BCUT2D eigenvalue weighted by Gasteiger charge is 2.34. The highest BCUT2D eigenvalue weighted by Crippen LogP contribution is 2.25. The Morgan fingerprint density at radius 2 is 1.30 bits per heavy atom. The third kappa shape index (κ3) is 8.32. The van der Waals surface area contributed by atoms with Crippen LogP contribution in [-0.4, -0.2) is 44.3 Å². The molecule has 4 rings (SSSR count). The first-order valence-corrected chi connectivity index (χ1v) is 15.9. The molecule has 43 heavy (non-hydrogen) atoms. The van der Waals surface area contributed by atoms with Crippen LogP contribution in [0.15, 0.2) is 114 Å². The second-order valence-corrected chi connectivity index (χ2v) is 12.5. The molecule has 0 bridgehead atoms. The Morgan fingerprint density at radius 1 is 0.744 bits per heavy atom. The van der Waals surface area contributed by atoms with Gasteiger partial charge >= 0.3 is 0 Å². The molecule has 4 aromatic rings. The molecule has 4 aromatic carbocycles. The summed E-state index contributed by atoms with van der Waals surface area (Å²) in [5.74, 6) is -0.758. The molecular formula is C35H39N3O4S. The van der Waals surface area contributed by atoms with Crippen molar-refractivity contribution >= 4 is 27.5 Å². The van der Waals surface area contributed by atoms with Crippen molar-refractivity contribution in [2.45, 2.75) is 51.1 Å². The topological polar surface area (TPSA) is 86.8 Å². The SMILES string of the molecule is CCCNC(=O)[C@@H](Cc1ccccc1)N(Cc1ccc(C)cc1)C(=O)CN(c1ccccc1)S(=O)(=O)c1ccc(C)cc1. The minimum atomic E-state index is -4.11. The Balaban J connectivity index is 1.77. The second kappa shape index (κ2) is 14.6. The summed E-state index contributed by atoms with van der Waals surface area (Å²) in [5, 5.41) is 2.96. The van der Waals surface area contributed by atoms with Crippen molar-refractivity contribution in [3.8, 4) is 0 Å². The van der Waals surface area contributed by atoms with Gasteiger partial charge in [-0.1, -0.05) is 103 Å². The lowest BCUT2D eigenvalue weighted by Crippen LogP contribution is -2.53. The van der Waals surface area contributed by atoms with Crippen LogP contribution in [0.1, 0.15) is 35.6 Å². The van der Waals surface area contributed by atoms with Crippen LogP contribution in [0.2, 0.25) is 0 Å². The molecule has 0 fully saturated rings. The molecule has 0 saturated carbocycles. The van der Waals surface area contributed by atoms with Gasteiger partial charge in [-0.25, -0.2) is 8.42 Å². The van der Waals surface area contributed by atoms with Gasteiger partial charge in [0.2, 0.25) is 11.8 Å². The average molecular weight is 598 g/mol. The molecule has 1 N–H and O–H groups in total.